The molecule has 0 heterocycles. The van der Waals surface area contributed by atoms with Crippen molar-refractivity contribution in [2.75, 3.05) is 0 Å². The Morgan fingerprint density at radius 3 is 2.38 bits per heavy atom. The van der Waals surface area contributed by atoms with Gasteiger partial charge in [0.15, 0.2) is 0 Å². The fourth-order valence-electron chi connectivity index (χ4n) is 0.946. The topological polar surface area (TPSA) is 78.4 Å². The molecule has 1 atom stereocenters. The standard InChI is InChI=1S/C8H10N2O3/c1-6(13-9)7-2-4-8(5-3-7)10(11)12/h2-6H,9H2,1H3. The lowest BCUT2D eigenvalue weighted by Crippen LogP contribution is -2.05. The van der Waals surface area contributed by atoms with Crippen LogP contribution in [-0.4, -0.2) is 4.92 Å². The van der Waals surface area contributed by atoms with E-state index in [0.29, 0.717) is 0 Å². The molecule has 1 rings (SSSR count). The summed E-state index contributed by atoms with van der Waals surface area (Å²) in [7, 11) is 0. The first kappa shape index (κ1) is 9.63. The van der Waals surface area contributed by atoms with E-state index in [9.17, 15) is 10.1 Å². The van der Waals surface area contributed by atoms with Gasteiger partial charge in [0, 0.05) is 12.1 Å². The van der Waals surface area contributed by atoms with Gasteiger partial charge in [0.1, 0.15) is 6.10 Å². The molecule has 0 saturated heterocycles. The maximum Gasteiger partial charge on any atom is 0.269 e. The predicted molar refractivity (Wildman–Crippen MR) is 46.8 cm³/mol. The second-order valence-corrected chi connectivity index (χ2v) is 2.63. The van der Waals surface area contributed by atoms with Crippen molar-refractivity contribution in [2.24, 2.45) is 5.90 Å². The van der Waals surface area contributed by atoms with Gasteiger partial charge in [-0.3, -0.25) is 15.0 Å². The highest BCUT2D eigenvalue weighted by molar-refractivity contribution is 5.33. The molecule has 0 saturated carbocycles. The predicted octanol–water partition coefficient (Wildman–Crippen LogP) is 1.55. The smallest absolute Gasteiger partial charge is 0.269 e. The van der Waals surface area contributed by atoms with Crippen molar-refractivity contribution in [3.8, 4) is 0 Å². The molecule has 70 valence electrons. The second kappa shape index (κ2) is 3.97. The summed E-state index contributed by atoms with van der Waals surface area (Å²) >= 11 is 0. The van der Waals surface area contributed by atoms with E-state index >= 15 is 0 Å². The summed E-state index contributed by atoms with van der Waals surface area (Å²) < 4.78 is 0. The normalized spacial score (nSPS) is 12.5. The van der Waals surface area contributed by atoms with Gasteiger partial charge >= 0.3 is 0 Å². The Kier molecular flexibility index (Phi) is 2.94. The van der Waals surface area contributed by atoms with Gasteiger partial charge in [-0.1, -0.05) is 0 Å². The first-order valence-electron chi connectivity index (χ1n) is 3.75. The number of rotatable bonds is 3. The molecular formula is C8H10N2O3. The summed E-state index contributed by atoms with van der Waals surface area (Å²) in [6.07, 6.45) is -0.249. The van der Waals surface area contributed by atoms with Crippen molar-refractivity contribution < 1.29 is 9.76 Å². The monoisotopic (exact) mass is 182 g/mol. The van der Waals surface area contributed by atoms with Crippen molar-refractivity contribution in [1.82, 2.24) is 0 Å². The van der Waals surface area contributed by atoms with Crippen molar-refractivity contribution in [1.29, 1.82) is 0 Å². The summed E-state index contributed by atoms with van der Waals surface area (Å²) in [4.78, 5) is 14.4. The van der Waals surface area contributed by atoms with E-state index in [1.165, 1.54) is 12.1 Å². The highest BCUT2D eigenvalue weighted by atomic mass is 16.6. The van der Waals surface area contributed by atoms with Crippen LogP contribution in [0, 0.1) is 10.1 Å². The number of non-ortho nitro benzene ring substituents is 1. The highest BCUT2D eigenvalue weighted by Crippen LogP contribution is 2.18. The zero-order valence-corrected chi connectivity index (χ0v) is 7.14. The average Bonchev–Trinajstić information content (AvgIpc) is 2.17. The molecule has 2 N–H and O–H groups in total. The zero-order chi connectivity index (χ0) is 9.84. The number of nitro groups is 1. The molecule has 13 heavy (non-hydrogen) atoms. The Labute approximate surface area is 75.2 Å². The summed E-state index contributed by atoms with van der Waals surface area (Å²) in [5.41, 5.74) is 0.876. The largest absolute Gasteiger partial charge is 0.297 e. The number of nitro benzene ring substituents is 1. The highest BCUT2D eigenvalue weighted by Gasteiger charge is 2.07. The molecule has 0 aliphatic carbocycles. The van der Waals surface area contributed by atoms with Crippen LogP contribution in [0.5, 0.6) is 0 Å². The minimum Gasteiger partial charge on any atom is -0.297 e. The third kappa shape index (κ3) is 2.24. The van der Waals surface area contributed by atoms with Crippen LogP contribution < -0.4 is 5.90 Å². The van der Waals surface area contributed by atoms with Gasteiger partial charge in [0.25, 0.3) is 5.69 Å². The number of benzene rings is 1. The van der Waals surface area contributed by atoms with Crippen LogP contribution >= 0.6 is 0 Å². The minimum absolute atomic E-state index is 0.0629. The molecule has 0 bridgehead atoms. The SMILES string of the molecule is CC(ON)c1ccc([N+](=O)[O-])cc1. The van der Waals surface area contributed by atoms with Crippen molar-refractivity contribution in [3.05, 3.63) is 39.9 Å². The summed E-state index contributed by atoms with van der Waals surface area (Å²) in [6.45, 7) is 1.77. The summed E-state index contributed by atoms with van der Waals surface area (Å²) in [6, 6.07) is 6.08. The Bertz CT molecular complexity index is 297. The Balaban J connectivity index is 2.87. The van der Waals surface area contributed by atoms with Crippen LogP contribution in [0.15, 0.2) is 24.3 Å². The van der Waals surface area contributed by atoms with E-state index in [1.54, 1.807) is 19.1 Å². The lowest BCUT2D eigenvalue weighted by Gasteiger charge is -2.07. The first-order valence-corrected chi connectivity index (χ1v) is 3.75. The molecule has 0 aliphatic heterocycles. The first-order chi connectivity index (χ1) is 6.15. The van der Waals surface area contributed by atoms with E-state index in [1.807, 2.05) is 0 Å². The number of nitrogens with zero attached hydrogens (tertiary/aromatic N) is 1. The molecular weight excluding hydrogens is 172 g/mol. The van der Waals surface area contributed by atoms with Crippen LogP contribution in [0.4, 0.5) is 5.69 Å². The second-order valence-electron chi connectivity index (χ2n) is 2.63. The van der Waals surface area contributed by atoms with Crippen LogP contribution in [0.1, 0.15) is 18.6 Å². The number of hydrogen-bond donors (Lipinski definition) is 1. The molecule has 0 spiro atoms. The molecule has 0 fully saturated rings. The van der Waals surface area contributed by atoms with Gasteiger partial charge in [-0.25, -0.2) is 5.90 Å². The average molecular weight is 182 g/mol. The van der Waals surface area contributed by atoms with E-state index in [-0.39, 0.29) is 11.8 Å². The Morgan fingerprint density at radius 1 is 1.46 bits per heavy atom. The zero-order valence-electron chi connectivity index (χ0n) is 7.14. The van der Waals surface area contributed by atoms with E-state index in [2.05, 4.69) is 4.84 Å². The van der Waals surface area contributed by atoms with Gasteiger partial charge in [-0.2, -0.15) is 0 Å². The molecule has 5 heteroatoms. The third-order valence-corrected chi connectivity index (χ3v) is 1.78. The van der Waals surface area contributed by atoms with E-state index in [0.717, 1.165) is 5.56 Å². The maximum atomic E-state index is 10.3. The van der Waals surface area contributed by atoms with Crippen LogP contribution in [-0.2, 0) is 4.84 Å². The van der Waals surface area contributed by atoms with Gasteiger partial charge in [-0.05, 0) is 24.6 Å². The van der Waals surface area contributed by atoms with Gasteiger partial charge in [0.05, 0.1) is 4.92 Å². The maximum absolute atomic E-state index is 10.3. The lowest BCUT2D eigenvalue weighted by atomic mass is 10.1. The molecule has 0 radical (unpaired) electrons. The van der Waals surface area contributed by atoms with Gasteiger partial charge in [0.2, 0.25) is 0 Å². The molecule has 0 aromatic heterocycles. The van der Waals surface area contributed by atoms with Crippen LogP contribution in [0.3, 0.4) is 0 Å². The number of nitrogens with two attached hydrogens (primary N) is 1. The van der Waals surface area contributed by atoms with Crippen molar-refractivity contribution in [3.63, 3.8) is 0 Å². The fraction of sp³-hybridized carbons (Fsp3) is 0.250. The van der Waals surface area contributed by atoms with Crippen LogP contribution in [0.25, 0.3) is 0 Å². The molecule has 1 aromatic rings. The molecule has 1 unspecified atom stereocenters. The molecule has 0 aliphatic rings. The lowest BCUT2D eigenvalue weighted by molar-refractivity contribution is -0.384. The van der Waals surface area contributed by atoms with Gasteiger partial charge < -0.3 is 0 Å². The van der Waals surface area contributed by atoms with E-state index < -0.39 is 4.92 Å². The Morgan fingerprint density at radius 2 is 2.00 bits per heavy atom. The molecule has 1 aromatic carbocycles. The fourth-order valence-corrected chi connectivity index (χ4v) is 0.946. The van der Waals surface area contributed by atoms with Crippen molar-refractivity contribution in [2.45, 2.75) is 13.0 Å². The minimum atomic E-state index is -0.447. The Hall–Kier alpha value is -1.46. The van der Waals surface area contributed by atoms with Crippen LogP contribution in [0.2, 0.25) is 0 Å². The van der Waals surface area contributed by atoms with E-state index in [4.69, 9.17) is 5.90 Å². The third-order valence-electron chi connectivity index (χ3n) is 1.78. The quantitative estimate of drug-likeness (QED) is 0.568. The van der Waals surface area contributed by atoms with Crippen molar-refractivity contribution >= 4 is 5.69 Å². The summed E-state index contributed by atoms with van der Waals surface area (Å²) in [5, 5.41) is 10.3. The molecule has 5 nitrogen and oxygen atoms in total. The van der Waals surface area contributed by atoms with Gasteiger partial charge in [-0.15, -0.1) is 0 Å². The number of hydrogen-bond acceptors (Lipinski definition) is 4. The summed E-state index contributed by atoms with van der Waals surface area (Å²) in [5.74, 6) is 4.97. The molecule has 0 amide bonds.